The molecule has 2 aromatic rings. The maximum Gasteiger partial charge on any atom is 0.123 e. The average molecular weight is 341 g/mol. The van der Waals surface area contributed by atoms with Crippen LogP contribution in [0.4, 0.5) is 10.1 Å². The summed E-state index contributed by atoms with van der Waals surface area (Å²) >= 11 is 6.36. The predicted molar refractivity (Wildman–Crippen MR) is 92.7 cm³/mol. The van der Waals surface area contributed by atoms with Crippen LogP contribution in [0.2, 0.25) is 5.02 Å². The lowest BCUT2D eigenvalue weighted by Gasteiger charge is -2.16. The second-order valence-corrected chi connectivity index (χ2v) is 5.70. The highest BCUT2D eigenvalue weighted by Gasteiger charge is 2.14. The van der Waals surface area contributed by atoms with Crippen LogP contribution in [-0.2, 0) is 19.4 Å². The van der Waals surface area contributed by atoms with Crippen LogP contribution >= 0.6 is 24.0 Å². The van der Waals surface area contributed by atoms with E-state index in [0.29, 0.717) is 6.54 Å². The van der Waals surface area contributed by atoms with Gasteiger partial charge in [0.1, 0.15) is 5.82 Å². The van der Waals surface area contributed by atoms with Crippen molar-refractivity contribution in [2.24, 2.45) is 0 Å². The van der Waals surface area contributed by atoms with Crippen LogP contribution in [0, 0.1) is 5.82 Å². The summed E-state index contributed by atoms with van der Waals surface area (Å²) in [5.74, 6) is -0.212. The van der Waals surface area contributed by atoms with E-state index in [2.05, 4.69) is 16.7 Å². The van der Waals surface area contributed by atoms with E-state index >= 15 is 0 Å². The number of nitrogens with one attached hydrogen (secondary N) is 2. The van der Waals surface area contributed by atoms with Crippen molar-refractivity contribution >= 4 is 29.7 Å². The summed E-state index contributed by atoms with van der Waals surface area (Å²) in [6.07, 6.45) is 1.97. The zero-order valence-corrected chi connectivity index (χ0v) is 13.7. The Hall–Kier alpha value is -1.29. The third-order valence-electron chi connectivity index (χ3n) is 3.84. The van der Waals surface area contributed by atoms with Crippen molar-refractivity contribution in [2.75, 3.05) is 18.4 Å². The molecule has 0 unspecified atom stereocenters. The highest BCUT2D eigenvalue weighted by molar-refractivity contribution is 6.33. The molecule has 0 aromatic heterocycles. The molecule has 0 aliphatic carbocycles. The summed E-state index contributed by atoms with van der Waals surface area (Å²) in [5, 5.41) is 7.52. The summed E-state index contributed by atoms with van der Waals surface area (Å²) in [6, 6.07) is 10.7. The molecule has 1 aliphatic heterocycles. The molecule has 0 atom stereocenters. The van der Waals surface area contributed by atoms with Gasteiger partial charge in [-0.15, -0.1) is 12.4 Å². The Morgan fingerprint density at radius 3 is 2.77 bits per heavy atom. The van der Waals surface area contributed by atoms with Gasteiger partial charge in [0, 0.05) is 6.54 Å². The average Bonchev–Trinajstić information content (AvgIpc) is 2.72. The van der Waals surface area contributed by atoms with Crippen LogP contribution in [0.5, 0.6) is 0 Å². The topological polar surface area (TPSA) is 24.1 Å². The number of benzene rings is 2. The predicted octanol–water partition coefficient (Wildman–Crippen LogP) is 4.20. The molecule has 2 N–H and O–H groups in total. The second kappa shape index (κ2) is 7.82. The second-order valence-electron chi connectivity index (χ2n) is 5.29. The number of fused-ring (bicyclic) bond motifs is 1. The van der Waals surface area contributed by atoms with Crippen LogP contribution in [0.15, 0.2) is 36.4 Å². The molecule has 5 heteroatoms. The minimum absolute atomic E-state index is 0. The smallest absolute Gasteiger partial charge is 0.123 e. The quantitative estimate of drug-likeness (QED) is 0.874. The van der Waals surface area contributed by atoms with E-state index in [1.54, 1.807) is 12.1 Å². The normalized spacial score (nSPS) is 13.7. The Bertz CT molecular complexity index is 647. The Labute approximate surface area is 141 Å². The van der Waals surface area contributed by atoms with Crippen molar-refractivity contribution < 1.29 is 4.39 Å². The fourth-order valence-electron chi connectivity index (χ4n) is 2.77. The molecule has 22 heavy (non-hydrogen) atoms. The van der Waals surface area contributed by atoms with Gasteiger partial charge in [-0.2, -0.15) is 0 Å². The number of rotatable bonds is 3. The van der Waals surface area contributed by atoms with Gasteiger partial charge >= 0.3 is 0 Å². The highest BCUT2D eigenvalue weighted by Crippen LogP contribution is 2.31. The molecular weight excluding hydrogens is 322 g/mol. The zero-order chi connectivity index (χ0) is 14.7. The van der Waals surface area contributed by atoms with Crippen molar-refractivity contribution in [2.45, 2.75) is 19.4 Å². The number of anilines is 1. The molecule has 118 valence electrons. The first-order chi connectivity index (χ1) is 10.2. The Balaban J connectivity index is 0.00000176. The molecular formula is C17H19Cl2FN2. The van der Waals surface area contributed by atoms with Gasteiger partial charge in [0.05, 0.1) is 10.7 Å². The fraction of sp³-hybridized carbons (Fsp3) is 0.294. The van der Waals surface area contributed by atoms with Gasteiger partial charge in [0.25, 0.3) is 0 Å². The molecule has 0 saturated carbocycles. The Morgan fingerprint density at radius 1 is 1.14 bits per heavy atom. The molecule has 0 saturated heterocycles. The molecule has 2 aromatic carbocycles. The van der Waals surface area contributed by atoms with Gasteiger partial charge in [-0.3, -0.25) is 0 Å². The van der Waals surface area contributed by atoms with Crippen LogP contribution in [-0.4, -0.2) is 13.1 Å². The van der Waals surface area contributed by atoms with Crippen molar-refractivity contribution in [3.8, 4) is 0 Å². The summed E-state index contributed by atoms with van der Waals surface area (Å²) in [6.45, 7) is 2.53. The van der Waals surface area contributed by atoms with Crippen LogP contribution in [0.1, 0.15) is 16.7 Å². The first kappa shape index (κ1) is 17.1. The Kier molecular flexibility index (Phi) is 6.07. The molecule has 3 rings (SSSR count). The van der Waals surface area contributed by atoms with Crippen molar-refractivity contribution in [1.82, 2.24) is 5.32 Å². The fourth-order valence-corrected chi connectivity index (χ4v) is 3.02. The lowest BCUT2D eigenvalue weighted by molar-refractivity contribution is 0.626. The van der Waals surface area contributed by atoms with E-state index in [4.69, 9.17) is 11.6 Å². The first-order valence-electron chi connectivity index (χ1n) is 7.23. The molecule has 0 spiro atoms. The summed E-state index contributed by atoms with van der Waals surface area (Å²) in [4.78, 5) is 0. The molecule has 1 heterocycles. The lowest BCUT2D eigenvalue weighted by Crippen LogP contribution is -2.16. The van der Waals surface area contributed by atoms with E-state index in [1.165, 1.54) is 17.2 Å². The maximum atomic E-state index is 13.2. The lowest BCUT2D eigenvalue weighted by atomic mass is 10.0. The van der Waals surface area contributed by atoms with E-state index in [9.17, 15) is 4.39 Å². The number of hydrogen-bond acceptors (Lipinski definition) is 2. The minimum atomic E-state index is -0.212. The standard InChI is InChI=1S/C17H18ClFN2.ClH/c18-16-5-4-13-6-8-20-9-7-15(13)17(16)21-11-12-2-1-3-14(19)10-12;/h1-5,10,20-21H,6-9,11H2;1H. The maximum absolute atomic E-state index is 13.2. The minimum Gasteiger partial charge on any atom is -0.380 e. The third kappa shape index (κ3) is 3.92. The molecule has 0 radical (unpaired) electrons. The van der Waals surface area contributed by atoms with Crippen LogP contribution < -0.4 is 10.6 Å². The SMILES string of the molecule is Cl.Fc1cccc(CNc2c(Cl)ccc3c2CCNCC3)c1. The number of hydrogen-bond donors (Lipinski definition) is 2. The van der Waals surface area contributed by atoms with Crippen molar-refractivity contribution in [1.29, 1.82) is 0 Å². The third-order valence-corrected chi connectivity index (χ3v) is 4.16. The molecule has 0 bridgehead atoms. The summed E-state index contributed by atoms with van der Waals surface area (Å²) < 4.78 is 13.2. The van der Waals surface area contributed by atoms with Gasteiger partial charge in [-0.25, -0.2) is 4.39 Å². The van der Waals surface area contributed by atoms with Crippen LogP contribution in [0.3, 0.4) is 0 Å². The van der Waals surface area contributed by atoms with Gasteiger partial charge in [-0.1, -0.05) is 29.8 Å². The molecule has 1 aliphatic rings. The van der Waals surface area contributed by atoms with Gasteiger partial charge in [0.15, 0.2) is 0 Å². The van der Waals surface area contributed by atoms with Crippen molar-refractivity contribution in [3.63, 3.8) is 0 Å². The van der Waals surface area contributed by atoms with E-state index in [0.717, 1.165) is 42.2 Å². The monoisotopic (exact) mass is 340 g/mol. The molecule has 2 nitrogen and oxygen atoms in total. The van der Waals surface area contributed by atoms with Gasteiger partial charge in [-0.05, 0) is 60.8 Å². The van der Waals surface area contributed by atoms with Gasteiger partial charge < -0.3 is 10.6 Å². The van der Waals surface area contributed by atoms with E-state index in [1.807, 2.05) is 12.1 Å². The zero-order valence-electron chi connectivity index (χ0n) is 12.2. The number of halogens is 3. The largest absolute Gasteiger partial charge is 0.380 e. The Morgan fingerprint density at radius 2 is 1.95 bits per heavy atom. The van der Waals surface area contributed by atoms with Crippen LogP contribution in [0.25, 0.3) is 0 Å². The molecule has 0 fully saturated rings. The summed E-state index contributed by atoms with van der Waals surface area (Å²) in [5.41, 5.74) is 4.52. The van der Waals surface area contributed by atoms with E-state index < -0.39 is 0 Å². The first-order valence-corrected chi connectivity index (χ1v) is 7.61. The van der Waals surface area contributed by atoms with Crippen molar-refractivity contribution in [3.05, 3.63) is 63.9 Å². The van der Waals surface area contributed by atoms with E-state index in [-0.39, 0.29) is 18.2 Å². The van der Waals surface area contributed by atoms with Gasteiger partial charge in [0.2, 0.25) is 0 Å². The summed E-state index contributed by atoms with van der Waals surface area (Å²) in [7, 11) is 0. The molecule has 0 amide bonds. The highest BCUT2D eigenvalue weighted by atomic mass is 35.5.